The lowest BCUT2D eigenvalue weighted by Gasteiger charge is -2.22. The molecule has 2 unspecified atom stereocenters. The minimum atomic E-state index is -0.664. The maximum absolute atomic E-state index is 12.5. The van der Waals surface area contributed by atoms with E-state index in [1.165, 1.54) is 308 Å². The van der Waals surface area contributed by atoms with Gasteiger partial charge < -0.3 is 20.3 Å². The zero-order valence-corrected chi connectivity index (χ0v) is 49.6. The third-order valence-electron chi connectivity index (χ3n) is 15.8. The van der Waals surface area contributed by atoms with Gasteiger partial charge >= 0.3 is 5.97 Å². The van der Waals surface area contributed by atoms with Crippen LogP contribution in [0.4, 0.5) is 0 Å². The number of hydrogen-bond acceptors (Lipinski definition) is 5. The molecule has 0 aliphatic heterocycles. The van der Waals surface area contributed by atoms with Crippen molar-refractivity contribution in [2.75, 3.05) is 13.2 Å². The van der Waals surface area contributed by atoms with Crippen molar-refractivity contribution in [3.63, 3.8) is 0 Å². The Morgan fingerprint density at radius 3 is 0.973 bits per heavy atom. The van der Waals surface area contributed by atoms with Gasteiger partial charge in [-0.1, -0.05) is 328 Å². The molecule has 1 amide bonds. The van der Waals surface area contributed by atoms with Gasteiger partial charge in [-0.3, -0.25) is 9.59 Å². The van der Waals surface area contributed by atoms with Crippen molar-refractivity contribution in [3.8, 4) is 0 Å². The molecule has 0 spiro atoms. The Morgan fingerprint density at radius 2 is 0.644 bits per heavy atom. The van der Waals surface area contributed by atoms with Gasteiger partial charge in [0, 0.05) is 12.8 Å². The van der Waals surface area contributed by atoms with Gasteiger partial charge in [-0.05, 0) is 51.4 Å². The Labute approximate surface area is 457 Å². The van der Waals surface area contributed by atoms with Crippen LogP contribution in [0.25, 0.3) is 0 Å². The molecule has 3 N–H and O–H groups in total. The zero-order valence-electron chi connectivity index (χ0n) is 49.6. The molecular formula is C67H131NO5. The number of carbonyl (C=O) groups is 2. The number of ether oxygens (including phenoxy) is 1. The quantitative estimate of drug-likeness (QED) is 0.0320. The first-order valence-corrected chi connectivity index (χ1v) is 33.4. The lowest BCUT2D eigenvalue weighted by molar-refractivity contribution is -0.143. The van der Waals surface area contributed by atoms with E-state index in [1.807, 2.05) is 0 Å². The van der Waals surface area contributed by atoms with E-state index < -0.39 is 12.1 Å². The van der Waals surface area contributed by atoms with Gasteiger partial charge in [-0.2, -0.15) is 0 Å². The largest absolute Gasteiger partial charge is 0.466 e. The molecule has 6 heteroatoms. The van der Waals surface area contributed by atoms with Gasteiger partial charge in [0.25, 0.3) is 0 Å². The van der Waals surface area contributed by atoms with Crippen molar-refractivity contribution in [2.45, 2.75) is 392 Å². The van der Waals surface area contributed by atoms with Gasteiger partial charge in [0.05, 0.1) is 25.4 Å². The molecule has 73 heavy (non-hydrogen) atoms. The van der Waals surface area contributed by atoms with Crippen LogP contribution < -0.4 is 5.32 Å². The maximum Gasteiger partial charge on any atom is 0.305 e. The fraction of sp³-hybridized carbons (Fsp3) is 0.940. The number of aliphatic hydroxyl groups excluding tert-OH is 2. The molecule has 0 aromatic heterocycles. The predicted molar refractivity (Wildman–Crippen MR) is 320 cm³/mol. The summed E-state index contributed by atoms with van der Waals surface area (Å²) in [6.45, 7) is 4.99. The Bertz CT molecular complexity index is 1100. The second kappa shape index (κ2) is 63.1. The number of carbonyl (C=O) groups excluding carboxylic acids is 2. The predicted octanol–water partition coefficient (Wildman–Crippen LogP) is 21.2. The SMILES string of the molecule is CCCCCCCCCCCCCCCCCCC(=O)OCCCCCCCCCCCCCC/C=C\CCCCCCCCCCCCC(=O)NC(CO)C(O)CCCCCCCCCCCCCCCC. The number of rotatable bonds is 63. The van der Waals surface area contributed by atoms with Gasteiger partial charge in [0.15, 0.2) is 0 Å². The summed E-state index contributed by atoms with van der Waals surface area (Å²) in [5.74, 6) is -0.0157. The molecule has 2 atom stereocenters. The number of allylic oxidation sites excluding steroid dienone is 2. The third-order valence-corrected chi connectivity index (χ3v) is 15.8. The standard InChI is InChI=1S/C67H131NO5/c1-3-5-7-9-11-13-15-17-19-33-37-41-45-49-53-57-61-67(72)73-62-58-54-50-46-42-38-34-31-29-27-25-23-21-20-22-24-26-28-30-32-36-40-44-48-52-56-60-66(71)68-64(63-69)65(70)59-55-51-47-43-39-35-18-16-14-12-10-8-6-4-2/h20,22,64-65,69-70H,3-19,21,23-63H2,1-2H3,(H,68,71)/b22-20-. The molecule has 0 rings (SSSR count). The number of amides is 1. The van der Waals surface area contributed by atoms with Crippen LogP contribution in [0.3, 0.4) is 0 Å². The van der Waals surface area contributed by atoms with E-state index in [0.717, 1.165) is 38.5 Å². The summed E-state index contributed by atoms with van der Waals surface area (Å²) in [6, 6.07) is -0.542. The van der Waals surface area contributed by atoms with E-state index in [1.54, 1.807) is 0 Å². The maximum atomic E-state index is 12.5. The molecule has 0 bridgehead atoms. The number of nitrogens with one attached hydrogen (secondary N) is 1. The molecule has 6 nitrogen and oxygen atoms in total. The van der Waals surface area contributed by atoms with Crippen LogP contribution in [0.2, 0.25) is 0 Å². The number of hydrogen-bond donors (Lipinski definition) is 3. The molecule has 0 aromatic carbocycles. The summed E-state index contributed by atoms with van der Waals surface area (Å²) in [6.07, 6.45) is 76.7. The monoisotopic (exact) mass is 1030 g/mol. The number of aliphatic hydroxyl groups is 2. The van der Waals surface area contributed by atoms with Gasteiger partial charge in [0.2, 0.25) is 5.91 Å². The Morgan fingerprint density at radius 1 is 0.370 bits per heavy atom. The van der Waals surface area contributed by atoms with Crippen LogP contribution in [0, 0.1) is 0 Å². The van der Waals surface area contributed by atoms with Crippen molar-refractivity contribution >= 4 is 11.9 Å². The van der Waals surface area contributed by atoms with E-state index >= 15 is 0 Å². The lowest BCUT2D eigenvalue weighted by atomic mass is 10.0. The van der Waals surface area contributed by atoms with Crippen molar-refractivity contribution in [3.05, 3.63) is 12.2 Å². The number of unbranched alkanes of at least 4 members (excludes halogenated alkanes) is 50. The highest BCUT2D eigenvalue weighted by molar-refractivity contribution is 5.76. The van der Waals surface area contributed by atoms with Gasteiger partial charge in [-0.15, -0.1) is 0 Å². The van der Waals surface area contributed by atoms with Crippen LogP contribution in [0.1, 0.15) is 380 Å². The molecule has 434 valence electrons. The van der Waals surface area contributed by atoms with Gasteiger partial charge in [0.1, 0.15) is 0 Å². The van der Waals surface area contributed by atoms with Crippen molar-refractivity contribution < 1.29 is 24.5 Å². The second-order valence-corrected chi connectivity index (χ2v) is 23.2. The Balaban J connectivity index is 3.36. The molecular weight excluding hydrogens is 899 g/mol. The summed E-state index contributed by atoms with van der Waals surface area (Å²) in [7, 11) is 0. The minimum Gasteiger partial charge on any atom is -0.466 e. The molecule has 0 saturated heterocycles. The lowest BCUT2D eigenvalue weighted by Crippen LogP contribution is -2.45. The second-order valence-electron chi connectivity index (χ2n) is 23.2. The highest BCUT2D eigenvalue weighted by Gasteiger charge is 2.20. The van der Waals surface area contributed by atoms with Crippen LogP contribution >= 0.6 is 0 Å². The fourth-order valence-electron chi connectivity index (χ4n) is 10.7. The Hall–Kier alpha value is -1.40. The zero-order chi connectivity index (χ0) is 52.9. The highest BCUT2D eigenvalue weighted by atomic mass is 16.5. The third kappa shape index (κ3) is 59.7. The average Bonchev–Trinajstić information content (AvgIpc) is 3.39. The van der Waals surface area contributed by atoms with Crippen LogP contribution in [-0.4, -0.2) is 47.4 Å². The number of esters is 1. The molecule has 0 heterocycles. The van der Waals surface area contributed by atoms with E-state index in [-0.39, 0.29) is 18.5 Å². The first-order valence-electron chi connectivity index (χ1n) is 33.4. The Kier molecular flexibility index (Phi) is 61.9. The fourth-order valence-corrected chi connectivity index (χ4v) is 10.7. The summed E-state index contributed by atoms with van der Waals surface area (Å²) < 4.78 is 5.50. The smallest absolute Gasteiger partial charge is 0.305 e. The van der Waals surface area contributed by atoms with Crippen molar-refractivity contribution in [1.82, 2.24) is 5.32 Å². The molecule has 0 radical (unpaired) electrons. The first kappa shape index (κ1) is 71.6. The molecule has 0 aliphatic rings. The van der Waals surface area contributed by atoms with Crippen LogP contribution in [0.5, 0.6) is 0 Å². The van der Waals surface area contributed by atoms with E-state index in [2.05, 4.69) is 31.3 Å². The molecule has 0 aliphatic carbocycles. The molecule has 0 fully saturated rings. The van der Waals surface area contributed by atoms with Crippen LogP contribution in [0.15, 0.2) is 12.2 Å². The molecule has 0 aromatic rings. The minimum absolute atomic E-state index is 0.0186. The molecule has 0 saturated carbocycles. The van der Waals surface area contributed by atoms with E-state index in [4.69, 9.17) is 4.74 Å². The summed E-state index contributed by atoms with van der Waals surface area (Å²) in [5, 5.41) is 23.3. The normalized spacial score (nSPS) is 12.5. The van der Waals surface area contributed by atoms with E-state index in [9.17, 15) is 19.8 Å². The van der Waals surface area contributed by atoms with E-state index in [0.29, 0.717) is 25.9 Å². The average molecular weight is 1030 g/mol. The van der Waals surface area contributed by atoms with Crippen molar-refractivity contribution in [1.29, 1.82) is 0 Å². The highest BCUT2D eigenvalue weighted by Crippen LogP contribution is 2.18. The topological polar surface area (TPSA) is 95.9 Å². The van der Waals surface area contributed by atoms with Gasteiger partial charge in [-0.25, -0.2) is 0 Å². The summed E-state index contributed by atoms with van der Waals surface area (Å²) >= 11 is 0. The summed E-state index contributed by atoms with van der Waals surface area (Å²) in [5.41, 5.74) is 0. The summed E-state index contributed by atoms with van der Waals surface area (Å²) in [4.78, 5) is 24.6. The van der Waals surface area contributed by atoms with Crippen molar-refractivity contribution in [2.24, 2.45) is 0 Å². The first-order chi connectivity index (χ1) is 36.0. The van der Waals surface area contributed by atoms with Crippen LogP contribution in [-0.2, 0) is 14.3 Å².